The van der Waals surface area contributed by atoms with Crippen molar-refractivity contribution in [2.45, 2.75) is 50.4 Å². The van der Waals surface area contributed by atoms with Crippen LogP contribution in [0, 0.1) is 23.4 Å². The summed E-state index contributed by atoms with van der Waals surface area (Å²) < 4.78 is 82.1. The van der Waals surface area contributed by atoms with Crippen molar-refractivity contribution in [2.75, 3.05) is 6.01 Å². The fourth-order valence-electron chi connectivity index (χ4n) is 4.75. The Morgan fingerprint density at radius 1 is 1.18 bits per heavy atom. The molecular weight excluding hydrogens is 476 g/mol. The molecule has 4 rings (SSSR count). The molecule has 6 nitrogen and oxygen atoms in total. The number of benzene rings is 2. The minimum Gasteiger partial charge on any atom is -0.381 e. The van der Waals surface area contributed by atoms with Crippen LogP contribution < -0.4 is 4.72 Å². The van der Waals surface area contributed by atoms with E-state index in [1.54, 1.807) is 0 Å². The van der Waals surface area contributed by atoms with Crippen LogP contribution in [0.2, 0.25) is 0 Å². The minimum atomic E-state index is -4.28. The molecular formula is C23H24F4N2O4S. The molecule has 0 unspecified atom stereocenters. The average Bonchev–Trinajstić information content (AvgIpc) is 3.46. The standard InChI is InChI=1S/C23H24F4N2O4S/c1-23(2,31)22(30)29-18-10-17(18)21(28-34(32,33)11-24)19(29)8-12-4-3-5-16(20(12)27)13-6-14(25)9-15(26)7-13/h3-7,9,17-19,21,28,31H,8,10-11H2,1-2H3/t17-,18+,19+,21+/m1/s1. The molecule has 2 aromatic carbocycles. The fraction of sp³-hybridized carbons (Fsp3) is 0.435. The highest BCUT2D eigenvalue weighted by atomic mass is 32.2. The summed E-state index contributed by atoms with van der Waals surface area (Å²) in [6, 6.07) is 3.07. The summed E-state index contributed by atoms with van der Waals surface area (Å²) in [4.78, 5) is 14.3. The lowest BCUT2D eigenvalue weighted by Crippen LogP contribution is -2.55. The first-order valence-corrected chi connectivity index (χ1v) is 12.3. The maximum absolute atomic E-state index is 15.5. The number of piperidine rings is 1. The maximum Gasteiger partial charge on any atom is 0.254 e. The molecule has 1 saturated carbocycles. The summed E-state index contributed by atoms with van der Waals surface area (Å²) >= 11 is 0. The molecule has 0 radical (unpaired) electrons. The molecule has 1 aliphatic carbocycles. The summed E-state index contributed by atoms with van der Waals surface area (Å²) in [7, 11) is -4.28. The van der Waals surface area contributed by atoms with E-state index in [1.165, 1.54) is 36.9 Å². The number of carbonyl (C=O) groups excluding carboxylic acids is 1. The molecule has 1 amide bonds. The number of hydrogen-bond acceptors (Lipinski definition) is 4. The van der Waals surface area contributed by atoms with Crippen LogP contribution in [0.5, 0.6) is 0 Å². The smallest absolute Gasteiger partial charge is 0.254 e. The number of likely N-dealkylation sites (tertiary alicyclic amines) is 1. The summed E-state index contributed by atoms with van der Waals surface area (Å²) in [5.41, 5.74) is -1.78. The van der Waals surface area contributed by atoms with Gasteiger partial charge in [-0.2, -0.15) is 0 Å². The van der Waals surface area contributed by atoms with Crippen molar-refractivity contribution in [2.24, 2.45) is 5.92 Å². The van der Waals surface area contributed by atoms with Gasteiger partial charge in [-0.05, 0) is 55.9 Å². The van der Waals surface area contributed by atoms with Crippen LogP contribution in [-0.4, -0.2) is 54.1 Å². The van der Waals surface area contributed by atoms with Gasteiger partial charge in [-0.3, -0.25) is 4.79 Å². The van der Waals surface area contributed by atoms with Gasteiger partial charge in [0.2, 0.25) is 16.0 Å². The zero-order valence-electron chi connectivity index (χ0n) is 18.4. The van der Waals surface area contributed by atoms with Crippen molar-refractivity contribution >= 4 is 15.9 Å². The Morgan fingerprint density at radius 3 is 2.41 bits per heavy atom. The molecule has 1 saturated heterocycles. The van der Waals surface area contributed by atoms with E-state index in [1.807, 2.05) is 0 Å². The van der Waals surface area contributed by atoms with Gasteiger partial charge in [0.05, 0.1) is 6.04 Å². The number of halogens is 4. The molecule has 1 heterocycles. The van der Waals surface area contributed by atoms with Crippen molar-refractivity contribution in [1.82, 2.24) is 9.62 Å². The van der Waals surface area contributed by atoms with Crippen LogP contribution in [0.4, 0.5) is 17.6 Å². The lowest BCUT2D eigenvalue weighted by molar-refractivity contribution is -0.150. The topological polar surface area (TPSA) is 86.7 Å². The van der Waals surface area contributed by atoms with Gasteiger partial charge >= 0.3 is 0 Å². The van der Waals surface area contributed by atoms with E-state index in [0.717, 1.165) is 12.1 Å². The number of sulfonamides is 1. The second-order valence-corrected chi connectivity index (χ2v) is 11.0. The highest BCUT2D eigenvalue weighted by molar-refractivity contribution is 7.89. The first-order valence-electron chi connectivity index (χ1n) is 10.7. The SMILES string of the molecule is CC(C)(O)C(=O)N1[C@H]2C[C@H]2[C@H](NS(=O)(=O)CF)[C@@H]1Cc1cccc(-c2cc(F)cc(F)c2)c1F. The molecule has 0 aromatic heterocycles. The Kier molecular flexibility index (Phi) is 6.24. The monoisotopic (exact) mass is 500 g/mol. The Morgan fingerprint density at radius 2 is 1.82 bits per heavy atom. The number of hydrogen-bond donors (Lipinski definition) is 2. The molecule has 11 heteroatoms. The molecule has 34 heavy (non-hydrogen) atoms. The second-order valence-electron chi connectivity index (χ2n) is 9.31. The largest absolute Gasteiger partial charge is 0.381 e. The van der Waals surface area contributed by atoms with Gasteiger partial charge in [0, 0.05) is 23.7 Å². The second kappa shape index (κ2) is 8.62. The van der Waals surface area contributed by atoms with Crippen molar-refractivity contribution in [3.05, 3.63) is 59.4 Å². The summed E-state index contributed by atoms with van der Waals surface area (Å²) in [6.07, 6.45) is 0.300. The zero-order valence-corrected chi connectivity index (χ0v) is 19.3. The van der Waals surface area contributed by atoms with Crippen LogP contribution in [0.1, 0.15) is 25.8 Å². The highest BCUT2D eigenvalue weighted by Crippen LogP contribution is 2.50. The van der Waals surface area contributed by atoms with Crippen molar-refractivity contribution < 1.29 is 35.9 Å². The first kappa shape index (κ1) is 24.6. The number of nitrogens with one attached hydrogen (secondary N) is 1. The maximum atomic E-state index is 15.5. The predicted molar refractivity (Wildman–Crippen MR) is 116 cm³/mol. The van der Waals surface area contributed by atoms with E-state index in [4.69, 9.17) is 0 Å². The highest BCUT2D eigenvalue weighted by Gasteiger charge is 2.62. The fourth-order valence-corrected chi connectivity index (χ4v) is 5.56. The lowest BCUT2D eigenvalue weighted by Gasteiger charge is -2.35. The Hall–Kier alpha value is -2.50. The van der Waals surface area contributed by atoms with Gasteiger partial charge in [0.1, 0.15) is 23.1 Å². The van der Waals surface area contributed by atoms with E-state index < -0.39 is 57.1 Å². The van der Waals surface area contributed by atoms with Gasteiger partial charge in [0.15, 0.2) is 0 Å². The molecule has 2 fully saturated rings. The summed E-state index contributed by atoms with van der Waals surface area (Å²) in [5, 5.41) is 10.3. The molecule has 1 aliphatic heterocycles. The van der Waals surface area contributed by atoms with Crippen LogP contribution in [0.3, 0.4) is 0 Å². The number of amides is 1. The Bertz CT molecular complexity index is 1210. The number of aliphatic hydroxyl groups is 1. The van der Waals surface area contributed by atoms with Crippen LogP contribution >= 0.6 is 0 Å². The third-order valence-corrected chi connectivity index (χ3v) is 7.21. The Balaban J connectivity index is 1.72. The van der Waals surface area contributed by atoms with Crippen LogP contribution in [0.15, 0.2) is 36.4 Å². The van der Waals surface area contributed by atoms with Gasteiger partial charge in [-0.25, -0.2) is 30.7 Å². The molecule has 2 N–H and O–H groups in total. The molecule has 0 bridgehead atoms. The van der Waals surface area contributed by atoms with E-state index in [0.29, 0.717) is 12.5 Å². The van der Waals surface area contributed by atoms with Gasteiger partial charge in [-0.15, -0.1) is 0 Å². The Labute approximate surface area is 194 Å². The average molecular weight is 501 g/mol. The molecule has 184 valence electrons. The van der Waals surface area contributed by atoms with Crippen molar-refractivity contribution in [3.63, 3.8) is 0 Å². The van der Waals surface area contributed by atoms with Crippen LogP contribution in [0.25, 0.3) is 11.1 Å². The predicted octanol–water partition coefficient (Wildman–Crippen LogP) is 2.90. The number of alkyl halides is 1. The third-order valence-electron chi connectivity index (χ3n) is 6.29. The van der Waals surface area contributed by atoms with Crippen molar-refractivity contribution in [3.8, 4) is 11.1 Å². The van der Waals surface area contributed by atoms with E-state index in [2.05, 4.69) is 4.72 Å². The normalized spacial score (nSPS) is 24.3. The van der Waals surface area contributed by atoms with Gasteiger partial charge < -0.3 is 10.0 Å². The summed E-state index contributed by atoms with van der Waals surface area (Å²) in [6.45, 7) is 2.59. The molecule has 0 spiro atoms. The number of carbonyl (C=O) groups is 1. The molecule has 4 atom stereocenters. The van der Waals surface area contributed by atoms with E-state index >= 15 is 4.39 Å². The lowest BCUT2D eigenvalue weighted by atomic mass is 9.94. The van der Waals surface area contributed by atoms with Crippen LogP contribution in [-0.2, 0) is 21.2 Å². The number of nitrogens with zero attached hydrogens (tertiary/aromatic N) is 1. The van der Waals surface area contributed by atoms with E-state index in [9.17, 15) is 31.5 Å². The quantitative estimate of drug-likeness (QED) is 0.573. The third kappa shape index (κ3) is 4.69. The van der Waals surface area contributed by atoms with Crippen molar-refractivity contribution in [1.29, 1.82) is 0 Å². The molecule has 2 aliphatic rings. The molecule has 2 aromatic rings. The number of fused-ring (bicyclic) bond motifs is 1. The van der Waals surface area contributed by atoms with E-state index in [-0.39, 0.29) is 35.1 Å². The zero-order chi connectivity index (χ0) is 25.0. The van der Waals surface area contributed by atoms with Gasteiger partial charge in [0.25, 0.3) is 5.91 Å². The van der Waals surface area contributed by atoms with Gasteiger partial charge in [-0.1, -0.05) is 18.2 Å². The summed E-state index contributed by atoms with van der Waals surface area (Å²) in [5.74, 6) is -3.50. The number of rotatable bonds is 7. The first-order chi connectivity index (χ1) is 15.8. The minimum absolute atomic E-state index is 0.0229.